The molecule has 7 nitrogen and oxygen atoms in total. The molecule has 0 spiro atoms. The van der Waals surface area contributed by atoms with Crippen LogP contribution in [0.1, 0.15) is 17.3 Å². The number of nitrogens with zero attached hydrogens (tertiary/aromatic N) is 1. The number of ether oxygens (including phenoxy) is 1. The first kappa shape index (κ1) is 20.6. The van der Waals surface area contributed by atoms with Crippen LogP contribution in [0, 0.1) is 0 Å². The molecule has 0 aliphatic rings. The number of benzene rings is 3. The molecule has 0 fully saturated rings. The van der Waals surface area contributed by atoms with Crippen molar-refractivity contribution in [3.8, 4) is 0 Å². The molecular weight excluding hydrogens is 414 g/mol. The normalized spacial score (nSPS) is 11.4. The highest BCUT2D eigenvalue weighted by molar-refractivity contribution is 7.92. The van der Waals surface area contributed by atoms with E-state index in [9.17, 15) is 13.2 Å². The number of hydrogen-bond acceptors (Lipinski definition) is 6. The van der Waals surface area contributed by atoms with E-state index in [1.165, 1.54) is 0 Å². The Morgan fingerprint density at radius 1 is 0.935 bits per heavy atom. The predicted octanol–water partition coefficient (Wildman–Crippen LogP) is 4.68. The van der Waals surface area contributed by atoms with Gasteiger partial charge in [-0.15, -0.1) is 0 Å². The summed E-state index contributed by atoms with van der Waals surface area (Å²) < 4.78 is 30.5. The molecule has 8 heteroatoms. The number of carbonyl (C=O) groups is 1. The van der Waals surface area contributed by atoms with Gasteiger partial charge in [-0.05, 0) is 43.3 Å². The summed E-state index contributed by atoms with van der Waals surface area (Å²) in [4.78, 5) is 17.2. The summed E-state index contributed by atoms with van der Waals surface area (Å²) in [5.74, 6) is -0.418. The van der Waals surface area contributed by atoms with Gasteiger partial charge in [0.1, 0.15) is 0 Å². The van der Waals surface area contributed by atoms with Gasteiger partial charge in [-0.2, -0.15) is 0 Å². The lowest BCUT2D eigenvalue weighted by Crippen LogP contribution is -2.09. The third kappa shape index (κ3) is 4.44. The number of anilines is 3. The highest BCUT2D eigenvalue weighted by atomic mass is 32.2. The Morgan fingerprint density at radius 2 is 1.61 bits per heavy atom. The van der Waals surface area contributed by atoms with Crippen molar-refractivity contribution in [3.05, 3.63) is 72.3 Å². The zero-order valence-corrected chi connectivity index (χ0v) is 17.9. The van der Waals surface area contributed by atoms with E-state index >= 15 is 0 Å². The van der Waals surface area contributed by atoms with E-state index in [0.29, 0.717) is 16.8 Å². The maximum atomic E-state index is 12.5. The van der Waals surface area contributed by atoms with Crippen LogP contribution in [0.25, 0.3) is 21.8 Å². The van der Waals surface area contributed by atoms with Crippen LogP contribution >= 0.6 is 0 Å². The summed E-state index contributed by atoms with van der Waals surface area (Å²) in [6.45, 7) is 2.04. The summed E-state index contributed by atoms with van der Waals surface area (Å²) in [7, 11) is -3.35. The molecule has 0 atom stereocenters. The molecule has 0 saturated heterocycles. The largest absolute Gasteiger partial charge is 0.462 e. The maximum Gasteiger partial charge on any atom is 0.340 e. The minimum absolute atomic E-state index is 0.280. The van der Waals surface area contributed by atoms with Crippen molar-refractivity contribution in [1.82, 2.24) is 4.98 Å². The van der Waals surface area contributed by atoms with Gasteiger partial charge in [0.05, 0.1) is 35.1 Å². The van der Waals surface area contributed by atoms with Crippen LogP contribution in [0.5, 0.6) is 0 Å². The Kier molecular flexibility index (Phi) is 5.48. The smallest absolute Gasteiger partial charge is 0.340 e. The molecule has 4 rings (SSSR count). The van der Waals surface area contributed by atoms with Crippen LogP contribution in [-0.2, 0) is 14.8 Å². The van der Waals surface area contributed by atoms with Crippen molar-refractivity contribution in [2.75, 3.05) is 22.9 Å². The molecule has 31 heavy (non-hydrogen) atoms. The number of rotatable bonds is 6. The second-order valence-electron chi connectivity index (χ2n) is 7.00. The Bertz CT molecular complexity index is 1380. The lowest BCUT2D eigenvalue weighted by Gasteiger charge is -2.15. The third-order valence-electron chi connectivity index (χ3n) is 4.66. The number of aromatic nitrogens is 1. The van der Waals surface area contributed by atoms with E-state index in [1.807, 2.05) is 30.3 Å². The van der Waals surface area contributed by atoms with Gasteiger partial charge in [0, 0.05) is 22.1 Å². The molecule has 0 saturated carbocycles. The van der Waals surface area contributed by atoms with E-state index in [0.717, 1.165) is 33.9 Å². The highest BCUT2D eigenvalue weighted by Gasteiger charge is 2.17. The van der Waals surface area contributed by atoms with Crippen LogP contribution in [0.2, 0.25) is 0 Å². The topological polar surface area (TPSA) is 97.4 Å². The summed E-state index contributed by atoms with van der Waals surface area (Å²) in [5.41, 5.74) is 3.74. The summed E-state index contributed by atoms with van der Waals surface area (Å²) >= 11 is 0. The van der Waals surface area contributed by atoms with Crippen molar-refractivity contribution >= 4 is 54.9 Å². The standard InChI is InChI=1S/C23H21N3O4S/c1-3-30-23(27)19-9-6-8-18-21(17-7-4-5-10-20(17)25-22(18)19)24-15-11-13-16(14-12-15)26-31(2,28)29/h4-14,26H,3H2,1-2H3,(H,24,25). The molecule has 0 aliphatic carbocycles. The van der Waals surface area contributed by atoms with Crippen molar-refractivity contribution < 1.29 is 17.9 Å². The van der Waals surface area contributed by atoms with Gasteiger partial charge in [0.15, 0.2) is 0 Å². The predicted molar refractivity (Wildman–Crippen MR) is 123 cm³/mol. The average Bonchev–Trinajstić information content (AvgIpc) is 2.73. The van der Waals surface area contributed by atoms with Crippen molar-refractivity contribution in [1.29, 1.82) is 0 Å². The first-order valence-corrected chi connectivity index (χ1v) is 11.6. The fourth-order valence-electron chi connectivity index (χ4n) is 3.40. The molecule has 0 amide bonds. The molecule has 4 aromatic rings. The lowest BCUT2D eigenvalue weighted by atomic mass is 10.0. The molecular formula is C23H21N3O4S. The second-order valence-corrected chi connectivity index (χ2v) is 8.75. The van der Waals surface area contributed by atoms with Crippen LogP contribution in [0.15, 0.2) is 66.7 Å². The van der Waals surface area contributed by atoms with Crippen LogP contribution in [-0.4, -0.2) is 32.2 Å². The van der Waals surface area contributed by atoms with Gasteiger partial charge in [-0.1, -0.05) is 30.3 Å². The van der Waals surface area contributed by atoms with E-state index in [2.05, 4.69) is 10.0 Å². The Balaban J connectivity index is 1.84. The number of esters is 1. The SMILES string of the molecule is CCOC(=O)c1cccc2c(Nc3ccc(NS(C)(=O)=O)cc3)c3ccccc3nc12. The van der Waals surface area contributed by atoms with Gasteiger partial charge in [0.2, 0.25) is 10.0 Å². The molecule has 2 N–H and O–H groups in total. The van der Waals surface area contributed by atoms with Gasteiger partial charge in [-0.25, -0.2) is 18.2 Å². The Morgan fingerprint density at radius 3 is 2.32 bits per heavy atom. The monoisotopic (exact) mass is 435 g/mol. The lowest BCUT2D eigenvalue weighted by molar-refractivity contribution is 0.0528. The molecule has 0 radical (unpaired) electrons. The minimum atomic E-state index is -3.35. The molecule has 3 aromatic carbocycles. The highest BCUT2D eigenvalue weighted by Crippen LogP contribution is 2.34. The number of sulfonamides is 1. The number of fused-ring (bicyclic) bond motifs is 2. The Labute approximate surface area is 180 Å². The summed E-state index contributed by atoms with van der Waals surface area (Å²) in [5, 5.41) is 5.09. The fourth-order valence-corrected chi connectivity index (χ4v) is 3.97. The third-order valence-corrected chi connectivity index (χ3v) is 5.27. The van der Waals surface area contributed by atoms with Crippen LogP contribution in [0.3, 0.4) is 0 Å². The first-order chi connectivity index (χ1) is 14.9. The molecule has 0 bridgehead atoms. The number of para-hydroxylation sites is 2. The van der Waals surface area contributed by atoms with E-state index in [-0.39, 0.29) is 6.61 Å². The Hall–Kier alpha value is -3.65. The molecule has 0 aliphatic heterocycles. The van der Waals surface area contributed by atoms with Gasteiger partial charge in [0.25, 0.3) is 0 Å². The molecule has 158 valence electrons. The zero-order valence-electron chi connectivity index (χ0n) is 17.0. The molecule has 0 unspecified atom stereocenters. The minimum Gasteiger partial charge on any atom is -0.462 e. The maximum absolute atomic E-state index is 12.5. The van der Waals surface area contributed by atoms with Crippen molar-refractivity contribution in [3.63, 3.8) is 0 Å². The average molecular weight is 436 g/mol. The quantitative estimate of drug-likeness (QED) is 0.337. The zero-order chi connectivity index (χ0) is 22.0. The van der Waals surface area contributed by atoms with Crippen molar-refractivity contribution in [2.45, 2.75) is 6.92 Å². The second kappa shape index (κ2) is 8.23. The van der Waals surface area contributed by atoms with Gasteiger partial charge < -0.3 is 10.1 Å². The first-order valence-electron chi connectivity index (χ1n) is 9.69. The van der Waals surface area contributed by atoms with Gasteiger partial charge >= 0.3 is 5.97 Å². The van der Waals surface area contributed by atoms with Gasteiger partial charge in [-0.3, -0.25) is 4.72 Å². The fraction of sp³-hybridized carbons (Fsp3) is 0.130. The van der Waals surface area contributed by atoms with E-state index < -0.39 is 16.0 Å². The summed E-state index contributed by atoms with van der Waals surface area (Å²) in [6, 6.07) is 20.0. The molecule has 1 aromatic heterocycles. The number of hydrogen-bond donors (Lipinski definition) is 2. The van der Waals surface area contributed by atoms with E-state index in [1.54, 1.807) is 43.3 Å². The van der Waals surface area contributed by atoms with E-state index in [4.69, 9.17) is 9.72 Å². The number of carbonyl (C=O) groups excluding carboxylic acids is 1. The number of nitrogens with one attached hydrogen (secondary N) is 2. The van der Waals surface area contributed by atoms with Crippen LogP contribution in [0.4, 0.5) is 17.1 Å². The molecule has 1 heterocycles. The number of pyridine rings is 1. The van der Waals surface area contributed by atoms with Crippen LogP contribution < -0.4 is 10.0 Å². The van der Waals surface area contributed by atoms with Crippen molar-refractivity contribution in [2.24, 2.45) is 0 Å². The summed E-state index contributed by atoms with van der Waals surface area (Å²) in [6.07, 6.45) is 1.11.